The quantitative estimate of drug-likeness (QED) is 0.578. The molecule has 0 unspecified atom stereocenters. The minimum Gasteiger partial charge on any atom is -0.392 e. The molecule has 8 nitrogen and oxygen atoms in total. The second-order valence-electron chi connectivity index (χ2n) is 6.24. The van der Waals surface area contributed by atoms with Crippen LogP contribution in [-0.2, 0) is 6.42 Å². The number of aromatic nitrogens is 4. The molecule has 1 fully saturated rings. The summed E-state index contributed by atoms with van der Waals surface area (Å²) in [6, 6.07) is 0. The number of aryl methyl sites for hydroxylation is 1. The van der Waals surface area contributed by atoms with Gasteiger partial charge >= 0.3 is 0 Å². The molecule has 1 atom stereocenters. The largest absolute Gasteiger partial charge is 0.392 e. The molecule has 130 valence electrons. The molecule has 2 heterocycles. The van der Waals surface area contributed by atoms with Gasteiger partial charge in [0.05, 0.1) is 11.8 Å². The van der Waals surface area contributed by atoms with E-state index in [2.05, 4.69) is 35.9 Å². The van der Waals surface area contributed by atoms with Gasteiger partial charge in [-0.15, -0.1) is 0 Å². The Morgan fingerprint density at radius 2 is 1.79 bits per heavy atom. The highest BCUT2D eigenvalue weighted by Gasteiger charge is 2.22. The molecule has 3 rings (SSSR count). The first-order valence-electron chi connectivity index (χ1n) is 8.53. The van der Waals surface area contributed by atoms with Crippen LogP contribution in [0.2, 0.25) is 0 Å². The molecule has 8 heteroatoms. The highest BCUT2D eigenvalue weighted by atomic mass is 16.3. The van der Waals surface area contributed by atoms with Crippen LogP contribution in [0.1, 0.15) is 32.4 Å². The van der Waals surface area contributed by atoms with E-state index < -0.39 is 6.10 Å². The van der Waals surface area contributed by atoms with Gasteiger partial charge in [-0.25, -0.2) is 15.0 Å². The van der Waals surface area contributed by atoms with Crippen molar-refractivity contribution >= 4 is 28.7 Å². The van der Waals surface area contributed by atoms with Gasteiger partial charge in [-0.05, 0) is 32.1 Å². The lowest BCUT2D eigenvalue weighted by molar-refractivity contribution is 0.208. The minimum atomic E-state index is -0.469. The lowest BCUT2D eigenvalue weighted by Gasteiger charge is -2.13. The molecule has 2 aromatic heterocycles. The number of rotatable bonds is 8. The molecule has 0 aliphatic heterocycles. The molecule has 0 amide bonds. The van der Waals surface area contributed by atoms with Crippen molar-refractivity contribution in [3.05, 3.63) is 5.69 Å². The zero-order chi connectivity index (χ0) is 17.1. The maximum absolute atomic E-state index is 9.44. The summed E-state index contributed by atoms with van der Waals surface area (Å²) in [4.78, 5) is 18.2. The van der Waals surface area contributed by atoms with E-state index in [1.807, 2.05) is 14.0 Å². The van der Waals surface area contributed by atoms with Gasteiger partial charge < -0.3 is 21.1 Å². The van der Waals surface area contributed by atoms with E-state index in [0.717, 1.165) is 30.1 Å². The molecule has 1 aliphatic carbocycles. The van der Waals surface area contributed by atoms with Crippen LogP contribution in [-0.4, -0.2) is 51.3 Å². The van der Waals surface area contributed by atoms with Crippen LogP contribution in [0.3, 0.4) is 0 Å². The van der Waals surface area contributed by atoms with E-state index in [-0.39, 0.29) is 0 Å². The van der Waals surface area contributed by atoms with Gasteiger partial charge in [-0.1, -0.05) is 6.92 Å². The first-order valence-corrected chi connectivity index (χ1v) is 8.53. The Labute approximate surface area is 141 Å². The van der Waals surface area contributed by atoms with Crippen molar-refractivity contribution in [2.45, 2.75) is 39.2 Å². The summed E-state index contributed by atoms with van der Waals surface area (Å²) in [6.45, 7) is 5.06. The van der Waals surface area contributed by atoms with Crippen molar-refractivity contribution in [2.75, 3.05) is 36.1 Å². The van der Waals surface area contributed by atoms with E-state index in [0.29, 0.717) is 29.8 Å². The van der Waals surface area contributed by atoms with E-state index >= 15 is 0 Å². The molecule has 4 N–H and O–H groups in total. The van der Waals surface area contributed by atoms with Crippen LogP contribution in [0.4, 0.5) is 17.7 Å². The topological polar surface area (TPSA) is 108 Å². The van der Waals surface area contributed by atoms with Crippen LogP contribution >= 0.6 is 0 Å². The summed E-state index contributed by atoms with van der Waals surface area (Å²) in [5.74, 6) is 2.52. The van der Waals surface area contributed by atoms with Crippen molar-refractivity contribution in [2.24, 2.45) is 5.92 Å². The van der Waals surface area contributed by atoms with Gasteiger partial charge in [0.1, 0.15) is 11.0 Å². The third kappa shape index (κ3) is 3.81. The molecule has 0 spiro atoms. The van der Waals surface area contributed by atoms with E-state index in [9.17, 15) is 5.11 Å². The van der Waals surface area contributed by atoms with E-state index in [1.165, 1.54) is 12.8 Å². The number of aliphatic hydroxyl groups excluding tert-OH is 1. The normalized spacial score (nSPS) is 15.3. The molecule has 1 aliphatic rings. The molecule has 0 saturated heterocycles. The Balaban J connectivity index is 1.97. The molecular weight excluding hydrogens is 306 g/mol. The van der Waals surface area contributed by atoms with Crippen LogP contribution in [0.25, 0.3) is 11.0 Å². The summed E-state index contributed by atoms with van der Waals surface area (Å²) >= 11 is 0. The maximum Gasteiger partial charge on any atom is 0.225 e. The summed E-state index contributed by atoms with van der Waals surface area (Å²) in [6.07, 6.45) is 2.83. The number of aliphatic hydroxyl groups is 1. The summed E-state index contributed by atoms with van der Waals surface area (Å²) in [5.41, 5.74) is 2.31. The molecular formula is C16H25N7O. The van der Waals surface area contributed by atoms with Crippen molar-refractivity contribution < 1.29 is 5.11 Å². The lowest BCUT2D eigenvalue weighted by Crippen LogP contribution is -2.18. The van der Waals surface area contributed by atoms with Crippen molar-refractivity contribution in [1.29, 1.82) is 0 Å². The summed E-state index contributed by atoms with van der Waals surface area (Å²) in [7, 11) is 1.82. The number of nitrogens with one attached hydrogen (secondary N) is 3. The van der Waals surface area contributed by atoms with Gasteiger partial charge in [-0.2, -0.15) is 4.98 Å². The third-order valence-electron chi connectivity index (χ3n) is 3.99. The van der Waals surface area contributed by atoms with E-state index in [4.69, 9.17) is 0 Å². The fourth-order valence-electron chi connectivity index (χ4n) is 2.45. The molecule has 2 aromatic rings. The SMILES string of the molecule is CCc1nc(NC[C@@H](C)O)nc2c(NC)nc(NCC3CC3)nc12. The predicted octanol–water partition coefficient (Wildman–Crippen LogP) is 1.64. The number of hydrogen-bond acceptors (Lipinski definition) is 8. The van der Waals surface area contributed by atoms with Crippen LogP contribution in [0.5, 0.6) is 0 Å². The molecule has 0 aromatic carbocycles. The second-order valence-corrected chi connectivity index (χ2v) is 6.24. The lowest BCUT2D eigenvalue weighted by atomic mass is 10.2. The fourth-order valence-corrected chi connectivity index (χ4v) is 2.45. The summed E-state index contributed by atoms with van der Waals surface area (Å²) < 4.78 is 0. The highest BCUT2D eigenvalue weighted by Crippen LogP contribution is 2.29. The first kappa shape index (κ1) is 16.6. The fraction of sp³-hybridized carbons (Fsp3) is 0.625. The van der Waals surface area contributed by atoms with Gasteiger partial charge in [0.25, 0.3) is 0 Å². The third-order valence-corrected chi connectivity index (χ3v) is 3.99. The molecule has 24 heavy (non-hydrogen) atoms. The van der Waals surface area contributed by atoms with Gasteiger partial charge in [0.15, 0.2) is 5.82 Å². The van der Waals surface area contributed by atoms with Crippen LogP contribution in [0, 0.1) is 5.92 Å². The molecule has 0 radical (unpaired) electrons. The van der Waals surface area contributed by atoms with E-state index in [1.54, 1.807) is 6.92 Å². The minimum absolute atomic E-state index is 0.394. The Morgan fingerprint density at radius 1 is 1.08 bits per heavy atom. The van der Waals surface area contributed by atoms with Crippen LogP contribution in [0.15, 0.2) is 0 Å². The van der Waals surface area contributed by atoms with Crippen molar-refractivity contribution in [3.63, 3.8) is 0 Å². The van der Waals surface area contributed by atoms with Gasteiger partial charge in [-0.3, -0.25) is 0 Å². The summed E-state index contributed by atoms with van der Waals surface area (Å²) in [5, 5.41) is 18.9. The Kier molecular flexibility index (Phi) is 4.94. The number of nitrogens with zero attached hydrogens (tertiary/aromatic N) is 4. The Hall–Kier alpha value is -2.22. The Bertz CT molecular complexity index is 662. The molecule has 1 saturated carbocycles. The standard InChI is InChI=1S/C16H25N7O/c1-4-11-12-13(22-15(20-11)18-7-9(2)24)14(17-3)23-16(21-12)19-8-10-5-6-10/h9-10,24H,4-8H2,1-3H3,(H,18,20,22)(H2,17,19,21,23)/t9-/m1/s1. The van der Waals surface area contributed by atoms with Crippen LogP contribution < -0.4 is 16.0 Å². The monoisotopic (exact) mass is 331 g/mol. The van der Waals surface area contributed by atoms with Gasteiger partial charge in [0.2, 0.25) is 11.9 Å². The number of anilines is 3. The second kappa shape index (κ2) is 7.12. The Morgan fingerprint density at radius 3 is 2.42 bits per heavy atom. The number of hydrogen-bond donors (Lipinski definition) is 4. The average molecular weight is 331 g/mol. The van der Waals surface area contributed by atoms with Gasteiger partial charge in [0, 0.05) is 20.1 Å². The molecule has 0 bridgehead atoms. The highest BCUT2D eigenvalue weighted by molar-refractivity contribution is 5.88. The average Bonchev–Trinajstić information content (AvgIpc) is 3.41. The predicted molar refractivity (Wildman–Crippen MR) is 95.4 cm³/mol. The first-order chi connectivity index (χ1) is 11.6. The zero-order valence-electron chi connectivity index (χ0n) is 14.4. The van der Waals surface area contributed by atoms with Crippen molar-refractivity contribution in [3.8, 4) is 0 Å². The zero-order valence-corrected chi connectivity index (χ0v) is 14.4. The number of fused-ring (bicyclic) bond motifs is 1. The van der Waals surface area contributed by atoms with Crippen molar-refractivity contribution in [1.82, 2.24) is 19.9 Å². The smallest absolute Gasteiger partial charge is 0.225 e. The maximum atomic E-state index is 9.44.